The molecule has 2 atom stereocenters. The Hall–Kier alpha value is 0.280. The van der Waals surface area contributed by atoms with Crippen LogP contribution in [0, 0.1) is 0 Å². The number of alkyl halides is 1. The number of rotatable bonds is 1. The van der Waals surface area contributed by atoms with Crippen LogP contribution in [0.3, 0.4) is 0 Å². The molecule has 0 saturated carbocycles. The third-order valence-electron chi connectivity index (χ3n) is 1.43. The molecule has 4 heteroatoms. The normalized spacial score (nSPS) is 30.7. The van der Waals surface area contributed by atoms with Crippen molar-refractivity contribution in [1.82, 2.24) is 4.90 Å². The first-order chi connectivity index (χ1) is 4.34. The zero-order valence-electron chi connectivity index (χ0n) is 5.22. The summed E-state index contributed by atoms with van der Waals surface area (Å²) < 4.78 is 17.1. The summed E-state index contributed by atoms with van der Waals surface area (Å²) >= 11 is 0. The van der Waals surface area contributed by atoms with Crippen molar-refractivity contribution in [3.05, 3.63) is 0 Å². The average Bonchev–Trinajstić information content (AvgIpc) is 1.89. The highest BCUT2D eigenvalue weighted by atomic mass is 31.0. The third kappa shape index (κ3) is 1.85. The van der Waals surface area contributed by atoms with Crippen molar-refractivity contribution in [2.75, 3.05) is 26.6 Å². The van der Waals surface area contributed by atoms with Crippen LogP contribution in [0.5, 0.6) is 0 Å². The fourth-order valence-corrected chi connectivity index (χ4v) is 1.17. The van der Waals surface area contributed by atoms with Crippen molar-refractivity contribution in [1.29, 1.82) is 0 Å². The maximum Gasteiger partial charge on any atom is 0.143 e. The van der Waals surface area contributed by atoms with Crippen molar-refractivity contribution < 1.29 is 9.13 Å². The predicted molar refractivity (Wildman–Crippen MR) is 37.0 cm³/mol. The number of halogens is 1. The lowest BCUT2D eigenvalue weighted by Gasteiger charge is -2.30. The smallest absolute Gasteiger partial charge is 0.143 e. The number of ether oxygens (including phenoxy) is 1. The van der Waals surface area contributed by atoms with Gasteiger partial charge in [0, 0.05) is 12.3 Å². The molecule has 2 unspecified atom stereocenters. The molecule has 0 N–H and O–H groups in total. The molecule has 0 spiro atoms. The van der Waals surface area contributed by atoms with Crippen molar-refractivity contribution in [3.8, 4) is 0 Å². The minimum atomic E-state index is -0.364. The third-order valence-corrected chi connectivity index (χ3v) is 2.05. The van der Waals surface area contributed by atoms with E-state index in [1.165, 1.54) is 0 Å². The first-order valence-electron chi connectivity index (χ1n) is 2.98. The Morgan fingerprint density at radius 2 is 2.56 bits per heavy atom. The molecule has 0 aromatic carbocycles. The van der Waals surface area contributed by atoms with Crippen LogP contribution in [0.2, 0.25) is 0 Å². The molecule has 1 heterocycles. The van der Waals surface area contributed by atoms with E-state index in [-0.39, 0.29) is 12.6 Å². The molecule has 0 aliphatic carbocycles. The molecule has 0 aromatic heterocycles. The number of morpholine rings is 1. The van der Waals surface area contributed by atoms with E-state index in [9.17, 15) is 4.39 Å². The molecule has 0 amide bonds. The van der Waals surface area contributed by atoms with Gasteiger partial charge >= 0.3 is 0 Å². The van der Waals surface area contributed by atoms with E-state index in [1.807, 2.05) is 0 Å². The van der Waals surface area contributed by atoms with Crippen molar-refractivity contribution in [3.63, 3.8) is 0 Å². The highest BCUT2D eigenvalue weighted by Crippen LogP contribution is 2.11. The number of hydrogen-bond donors (Lipinski definition) is 0. The first-order valence-corrected chi connectivity index (χ1v) is 3.64. The molecule has 0 radical (unpaired) electrons. The molecule has 54 valence electrons. The van der Waals surface area contributed by atoms with Gasteiger partial charge in [0.15, 0.2) is 0 Å². The largest absolute Gasteiger partial charge is 0.378 e. The van der Waals surface area contributed by atoms with E-state index in [4.69, 9.17) is 4.74 Å². The van der Waals surface area contributed by atoms with E-state index >= 15 is 0 Å². The molecular formula is C5H11FNOP. The van der Waals surface area contributed by atoms with E-state index in [0.29, 0.717) is 19.8 Å². The fourth-order valence-electron chi connectivity index (χ4n) is 0.806. The lowest BCUT2D eigenvalue weighted by molar-refractivity contribution is 0.00538. The van der Waals surface area contributed by atoms with Gasteiger partial charge in [-0.1, -0.05) is 0 Å². The summed E-state index contributed by atoms with van der Waals surface area (Å²) in [4.78, 5) is 1.73. The molecule has 1 aliphatic rings. The molecule has 1 saturated heterocycles. The van der Waals surface area contributed by atoms with Gasteiger partial charge in [0.2, 0.25) is 0 Å². The molecule has 9 heavy (non-hydrogen) atoms. The van der Waals surface area contributed by atoms with E-state index in [0.717, 1.165) is 0 Å². The van der Waals surface area contributed by atoms with Crippen LogP contribution in [0.1, 0.15) is 0 Å². The van der Waals surface area contributed by atoms with Gasteiger partial charge < -0.3 is 4.74 Å². The van der Waals surface area contributed by atoms with Crippen LogP contribution in [0.15, 0.2) is 0 Å². The summed E-state index contributed by atoms with van der Waals surface area (Å²) in [6, 6.07) is 0. The van der Waals surface area contributed by atoms with Crippen molar-refractivity contribution >= 4 is 9.24 Å². The van der Waals surface area contributed by atoms with Gasteiger partial charge in [-0.25, -0.2) is 4.39 Å². The van der Waals surface area contributed by atoms with Gasteiger partial charge in [0.1, 0.15) is 6.80 Å². The van der Waals surface area contributed by atoms with E-state index in [2.05, 4.69) is 9.24 Å². The Morgan fingerprint density at radius 3 is 3.00 bits per heavy atom. The van der Waals surface area contributed by atoms with Gasteiger partial charge in [-0.2, -0.15) is 0 Å². The molecule has 0 aromatic rings. The second-order valence-electron chi connectivity index (χ2n) is 2.07. The summed E-state index contributed by atoms with van der Waals surface area (Å²) in [5.74, 6) is 0.170. The summed E-state index contributed by atoms with van der Waals surface area (Å²) in [6.45, 7) is 1.64. The fraction of sp³-hybridized carbons (Fsp3) is 1.00. The Bertz CT molecular complexity index is 93.0. The van der Waals surface area contributed by atoms with Crippen molar-refractivity contribution in [2.24, 2.45) is 0 Å². The summed E-state index contributed by atoms with van der Waals surface area (Å²) in [5, 5.41) is 0. The predicted octanol–water partition coefficient (Wildman–Crippen LogP) is 0.447. The SMILES string of the molecule is FCN1CCOCC1P. The van der Waals surface area contributed by atoms with Gasteiger partial charge in [-0.15, -0.1) is 9.24 Å². The first kappa shape index (κ1) is 7.39. The van der Waals surface area contributed by atoms with Crippen LogP contribution in [-0.2, 0) is 4.74 Å². The van der Waals surface area contributed by atoms with E-state index < -0.39 is 0 Å². The number of hydrogen-bond acceptors (Lipinski definition) is 2. The average molecular weight is 151 g/mol. The zero-order chi connectivity index (χ0) is 6.69. The molecular weight excluding hydrogens is 140 g/mol. The summed E-state index contributed by atoms with van der Waals surface area (Å²) in [7, 11) is 2.55. The van der Waals surface area contributed by atoms with Crippen molar-refractivity contribution in [2.45, 2.75) is 5.78 Å². The Morgan fingerprint density at radius 1 is 1.78 bits per heavy atom. The van der Waals surface area contributed by atoms with Crippen LogP contribution in [0.4, 0.5) is 4.39 Å². The van der Waals surface area contributed by atoms with Crippen LogP contribution in [0.25, 0.3) is 0 Å². The lowest BCUT2D eigenvalue weighted by Crippen LogP contribution is -2.41. The summed E-state index contributed by atoms with van der Waals surface area (Å²) in [6.07, 6.45) is 0. The quantitative estimate of drug-likeness (QED) is 0.398. The minimum Gasteiger partial charge on any atom is -0.378 e. The Labute approximate surface area is 56.6 Å². The molecule has 0 bridgehead atoms. The Kier molecular flexibility index (Phi) is 2.83. The van der Waals surface area contributed by atoms with Gasteiger partial charge in [0.05, 0.1) is 13.2 Å². The molecule has 1 rings (SSSR count). The second kappa shape index (κ2) is 3.45. The lowest BCUT2D eigenvalue weighted by atomic mass is 10.5. The van der Waals surface area contributed by atoms with Gasteiger partial charge in [0.25, 0.3) is 0 Å². The maximum absolute atomic E-state index is 12.0. The zero-order valence-corrected chi connectivity index (χ0v) is 6.37. The topological polar surface area (TPSA) is 12.5 Å². The van der Waals surface area contributed by atoms with Crippen LogP contribution in [-0.4, -0.2) is 37.2 Å². The highest BCUT2D eigenvalue weighted by Gasteiger charge is 2.17. The van der Waals surface area contributed by atoms with Gasteiger partial charge in [-0.05, 0) is 0 Å². The summed E-state index contributed by atoms with van der Waals surface area (Å²) in [5.41, 5.74) is 0. The van der Waals surface area contributed by atoms with Crippen LogP contribution < -0.4 is 0 Å². The minimum absolute atomic E-state index is 0.170. The maximum atomic E-state index is 12.0. The molecule has 1 aliphatic heterocycles. The van der Waals surface area contributed by atoms with Gasteiger partial charge in [-0.3, -0.25) is 4.90 Å². The number of nitrogens with zero attached hydrogens (tertiary/aromatic N) is 1. The highest BCUT2D eigenvalue weighted by molar-refractivity contribution is 7.17. The standard InChI is InChI=1S/C5H11FNOP/c6-4-7-1-2-8-3-5(7)9/h5H,1-4,9H2. The van der Waals surface area contributed by atoms with Crippen LogP contribution >= 0.6 is 9.24 Å². The Balaban J connectivity index is 2.30. The molecule has 1 fully saturated rings. The monoisotopic (exact) mass is 151 g/mol. The second-order valence-corrected chi connectivity index (χ2v) is 2.84. The molecule has 2 nitrogen and oxygen atoms in total. The van der Waals surface area contributed by atoms with E-state index in [1.54, 1.807) is 4.90 Å².